The van der Waals surface area contributed by atoms with Crippen LogP contribution in [0.25, 0.3) is 11.0 Å². The normalized spacial score (nSPS) is 13.2. The Morgan fingerprint density at radius 2 is 1.80 bits per heavy atom. The molecule has 0 radical (unpaired) electrons. The molecule has 4 aromatic rings. The molecular formula is C28H25NO6. The van der Waals surface area contributed by atoms with Crippen LogP contribution in [0.3, 0.4) is 0 Å². The van der Waals surface area contributed by atoms with Gasteiger partial charge in [-0.3, -0.25) is 9.69 Å². The molecule has 0 amide bonds. The maximum Gasteiger partial charge on any atom is 0.338 e. The van der Waals surface area contributed by atoms with E-state index in [2.05, 4.69) is 17.0 Å². The summed E-state index contributed by atoms with van der Waals surface area (Å²) in [5.41, 5.74) is 2.68. The Morgan fingerprint density at radius 1 is 1.03 bits per heavy atom. The van der Waals surface area contributed by atoms with E-state index in [1.807, 2.05) is 24.3 Å². The lowest BCUT2D eigenvalue weighted by Crippen LogP contribution is -2.31. The van der Waals surface area contributed by atoms with E-state index in [1.165, 1.54) is 5.56 Å². The minimum absolute atomic E-state index is 0.110. The molecule has 5 rings (SSSR count). The lowest BCUT2D eigenvalue weighted by molar-refractivity contribution is 0.0526. The van der Waals surface area contributed by atoms with Crippen molar-refractivity contribution >= 4 is 16.9 Å². The van der Waals surface area contributed by atoms with E-state index in [-0.39, 0.29) is 11.2 Å². The Morgan fingerprint density at radius 3 is 2.54 bits per heavy atom. The average molecular weight is 472 g/mol. The Hall–Kier alpha value is -4.10. The highest BCUT2D eigenvalue weighted by Gasteiger charge is 2.24. The number of hydrogen-bond donors (Lipinski definition) is 0. The fourth-order valence-electron chi connectivity index (χ4n) is 4.15. The van der Waals surface area contributed by atoms with Crippen molar-refractivity contribution in [3.05, 3.63) is 99.4 Å². The summed E-state index contributed by atoms with van der Waals surface area (Å²) in [7, 11) is 0. The maximum absolute atomic E-state index is 13.4. The molecule has 0 saturated heterocycles. The van der Waals surface area contributed by atoms with Crippen LogP contribution in [-0.4, -0.2) is 24.2 Å². The van der Waals surface area contributed by atoms with Gasteiger partial charge in [0.25, 0.3) is 0 Å². The summed E-state index contributed by atoms with van der Waals surface area (Å²) in [6, 6.07) is 20.1. The van der Waals surface area contributed by atoms with E-state index < -0.39 is 5.97 Å². The van der Waals surface area contributed by atoms with Gasteiger partial charge in [-0.1, -0.05) is 30.3 Å². The van der Waals surface area contributed by atoms with Gasteiger partial charge in [-0.2, -0.15) is 0 Å². The van der Waals surface area contributed by atoms with Gasteiger partial charge in [-0.25, -0.2) is 4.79 Å². The van der Waals surface area contributed by atoms with E-state index >= 15 is 0 Å². The molecule has 2 heterocycles. The van der Waals surface area contributed by atoms with Gasteiger partial charge in [-0.15, -0.1) is 0 Å². The lowest BCUT2D eigenvalue weighted by Gasteiger charge is -2.29. The summed E-state index contributed by atoms with van der Waals surface area (Å²) in [5, 5.41) is 0.428. The SMILES string of the molecule is CCOC(=O)c1ccc(Oc2c(C)oc3c4c(ccc3c2=O)OCN(Cc2ccccc2)C4)cc1. The highest BCUT2D eigenvalue weighted by molar-refractivity contribution is 5.89. The minimum Gasteiger partial charge on any atom is -0.478 e. The molecule has 178 valence electrons. The zero-order valence-corrected chi connectivity index (χ0v) is 19.6. The van der Waals surface area contributed by atoms with Crippen LogP contribution in [0.15, 0.2) is 75.9 Å². The summed E-state index contributed by atoms with van der Waals surface area (Å²) in [6.45, 7) is 5.53. The predicted molar refractivity (Wildman–Crippen MR) is 131 cm³/mol. The second-order valence-corrected chi connectivity index (χ2v) is 8.33. The van der Waals surface area contributed by atoms with Gasteiger partial charge in [0.1, 0.15) is 29.6 Å². The first kappa shape index (κ1) is 22.7. The highest BCUT2D eigenvalue weighted by atomic mass is 16.5. The predicted octanol–water partition coefficient (Wildman–Crippen LogP) is 5.42. The minimum atomic E-state index is -0.409. The zero-order chi connectivity index (χ0) is 24.4. The zero-order valence-electron chi connectivity index (χ0n) is 19.6. The first-order valence-electron chi connectivity index (χ1n) is 11.5. The Kier molecular flexibility index (Phi) is 6.25. The van der Waals surface area contributed by atoms with E-state index in [9.17, 15) is 9.59 Å². The largest absolute Gasteiger partial charge is 0.478 e. The number of fused-ring (bicyclic) bond motifs is 3. The molecular weight excluding hydrogens is 446 g/mol. The fourth-order valence-corrected chi connectivity index (χ4v) is 4.15. The van der Waals surface area contributed by atoms with Gasteiger partial charge in [-0.05, 0) is 55.8 Å². The van der Waals surface area contributed by atoms with Gasteiger partial charge < -0.3 is 18.6 Å². The number of esters is 1. The summed E-state index contributed by atoms with van der Waals surface area (Å²) < 4.78 is 23.0. The van der Waals surface area contributed by atoms with Gasteiger partial charge in [0, 0.05) is 13.1 Å². The monoisotopic (exact) mass is 471 g/mol. The van der Waals surface area contributed by atoms with E-state index in [4.69, 9.17) is 18.6 Å². The van der Waals surface area contributed by atoms with Crippen LogP contribution in [0.4, 0.5) is 0 Å². The van der Waals surface area contributed by atoms with Crippen molar-refractivity contribution in [2.75, 3.05) is 13.3 Å². The molecule has 1 aliphatic rings. The fraction of sp³-hybridized carbons (Fsp3) is 0.214. The smallest absolute Gasteiger partial charge is 0.338 e. The number of benzene rings is 3. The molecule has 0 fully saturated rings. The van der Waals surface area contributed by atoms with Crippen molar-refractivity contribution in [2.24, 2.45) is 0 Å². The summed E-state index contributed by atoms with van der Waals surface area (Å²) in [6.07, 6.45) is 0. The highest BCUT2D eigenvalue weighted by Crippen LogP contribution is 2.34. The van der Waals surface area contributed by atoms with Crippen molar-refractivity contribution in [3.8, 4) is 17.2 Å². The number of carbonyl (C=O) groups excluding carboxylic acids is 1. The number of carbonyl (C=O) groups is 1. The molecule has 0 aliphatic carbocycles. The first-order chi connectivity index (χ1) is 17.0. The van der Waals surface area contributed by atoms with Gasteiger partial charge in [0.15, 0.2) is 0 Å². The number of ether oxygens (including phenoxy) is 3. The van der Waals surface area contributed by atoms with E-state index in [1.54, 1.807) is 44.2 Å². The molecule has 7 heteroatoms. The molecule has 1 aliphatic heterocycles. The van der Waals surface area contributed by atoms with Crippen LogP contribution < -0.4 is 14.9 Å². The number of aryl methyl sites for hydroxylation is 1. The van der Waals surface area contributed by atoms with Crippen molar-refractivity contribution in [2.45, 2.75) is 26.9 Å². The third kappa shape index (κ3) is 4.63. The van der Waals surface area contributed by atoms with Gasteiger partial charge in [0.05, 0.1) is 23.1 Å². The molecule has 0 spiro atoms. The molecule has 0 unspecified atom stereocenters. The van der Waals surface area contributed by atoms with Crippen LogP contribution >= 0.6 is 0 Å². The topological polar surface area (TPSA) is 78.2 Å². The quantitative estimate of drug-likeness (QED) is 0.347. The molecule has 1 aromatic heterocycles. The van der Waals surface area contributed by atoms with E-state index in [0.29, 0.717) is 53.7 Å². The third-order valence-electron chi connectivity index (χ3n) is 5.86. The van der Waals surface area contributed by atoms with Crippen LogP contribution in [0.2, 0.25) is 0 Å². The van der Waals surface area contributed by atoms with Crippen LogP contribution in [-0.2, 0) is 17.8 Å². The van der Waals surface area contributed by atoms with Crippen molar-refractivity contribution in [1.29, 1.82) is 0 Å². The Labute approximate surface area is 202 Å². The van der Waals surface area contributed by atoms with E-state index in [0.717, 1.165) is 12.1 Å². The first-order valence-corrected chi connectivity index (χ1v) is 11.5. The number of rotatable bonds is 6. The second-order valence-electron chi connectivity index (χ2n) is 8.33. The van der Waals surface area contributed by atoms with Crippen LogP contribution in [0.5, 0.6) is 17.2 Å². The van der Waals surface area contributed by atoms with Gasteiger partial charge >= 0.3 is 5.97 Å². The summed E-state index contributed by atoms with van der Waals surface area (Å²) >= 11 is 0. The lowest BCUT2D eigenvalue weighted by atomic mass is 10.1. The summed E-state index contributed by atoms with van der Waals surface area (Å²) in [4.78, 5) is 27.4. The third-order valence-corrected chi connectivity index (χ3v) is 5.86. The molecule has 7 nitrogen and oxygen atoms in total. The standard InChI is InChI=1S/C28H25NO6/c1-3-32-28(31)20-9-11-21(12-10-20)35-26-18(2)34-27-22(25(26)30)13-14-24-23(27)16-29(17-33-24)15-19-7-5-4-6-8-19/h4-14H,3,15-17H2,1-2H3. The van der Waals surface area contributed by atoms with Crippen molar-refractivity contribution in [3.63, 3.8) is 0 Å². The van der Waals surface area contributed by atoms with Crippen LogP contribution in [0.1, 0.15) is 34.2 Å². The maximum atomic E-state index is 13.4. The molecule has 0 N–H and O–H groups in total. The molecule has 0 bridgehead atoms. The molecule has 0 atom stereocenters. The Balaban J connectivity index is 1.43. The van der Waals surface area contributed by atoms with Crippen molar-refractivity contribution < 1.29 is 23.4 Å². The van der Waals surface area contributed by atoms with Crippen molar-refractivity contribution in [1.82, 2.24) is 4.90 Å². The summed E-state index contributed by atoms with van der Waals surface area (Å²) in [5.74, 6) is 1.20. The second kappa shape index (κ2) is 9.64. The molecule has 35 heavy (non-hydrogen) atoms. The number of nitrogens with zero attached hydrogens (tertiary/aromatic N) is 1. The number of hydrogen-bond acceptors (Lipinski definition) is 7. The molecule has 3 aromatic carbocycles. The molecule has 0 saturated carbocycles. The average Bonchev–Trinajstić information content (AvgIpc) is 2.87. The van der Waals surface area contributed by atoms with Gasteiger partial charge in [0.2, 0.25) is 11.2 Å². The van der Waals surface area contributed by atoms with Crippen LogP contribution in [0, 0.1) is 6.92 Å². The Bertz CT molecular complexity index is 1430.